The van der Waals surface area contributed by atoms with Gasteiger partial charge in [0, 0.05) is 18.8 Å². The van der Waals surface area contributed by atoms with Crippen LogP contribution in [0.15, 0.2) is 0 Å². The van der Waals surface area contributed by atoms with Crippen LogP contribution in [0.4, 0.5) is 0 Å². The maximum atomic E-state index is 11.5. The summed E-state index contributed by atoms with van der Waals surface area (Å²) in [4.78, 5) is 11.5. The van der Waals surface area contributed by atoms with Crippen LogP contribution in [0.3, 0.4) is 0 Å². The Balaban J connectivity index is 1.90. The normalized spacial score (nSPS) is 16.6. The topological polar surface area (TPSA) is 29.1 Å². The molecule has 1 aliphatic carbocycles. The van der Waals surface area contributed by atoms with E-state index < -0.39 is 0 Å². The van der Waals surface area contributed by atoms with Gasteiger partial charge in [0.15, 0.2) is 0 Å². The molecule has 0 spiro atoms. The van der Waals surface area contributed by atoms with E-state index in [-0.39, 0.29) is 5.91 Å². The van der Waals surface area contributed by atoms with Crippen molar-refractivity contribution in [3.8, 4) is 0 Å². The Hall–Kier alpha value is -0.240. The van der Waals surface area contributed by atoms with Crippen LogP contribution in [0.1, 0.15) is 57.8 Å². The smallest absolute Gasteiger partial charge is 0.220 e. The van der Waals surface area contributed by atoms with E-state index in [1.807, 2.05) is 0 Å². The van der Waals surface area contributed by atoms with Gasteiger partial charge in [0.05, 0.1) is 0 Å². The molecule has 0 aliphatic heterocycles. The first kappa shape index (κ1) is 13.8. The van der Waals surface area contributed by atoms with Crippen LogP contribution in [0.25, 0.3) is 0 Å². The van der Waals surface area contributed by atoms with E-state index >= 15 is 0 Å². The number of hydrogen-bond donors (Lipinski definition) is 1. The molecule has 0 saturated heterocycles. The zero-order chi connectivity index (χ0) is 11.6. The SMILES string of the molecule is O=C(CCC1CCCC1)NCCCCCCl. The molecule has 0 radical (unpaired) electrons. The lowest BCUT2D eigenvalue weighted by molar-refractivity contribution is -0.121. The summed E-state index contributed by atoms with van der Waals surface area (Å²) in [6, 6.07) is 0. The maximum absolute atomic E-state index is 11.5. The first-order valence-electron chi connectivity index (χ1n) is 6.65. The highest BCUT2D eigenvalue weighted by atomic mass is 35.5. The number of hydrogen-bond acceptors (Lipinski definition) is 1. The van der Waals surface area contributed by atoms with Crippen molar-refractivity contribution < 1.29 is 4.79 Å². The average Bonchev–Trinajstić information content (AvgIpc) is 2.79. The predicted octanol–water partition coefficient (Wildman–Crippen LogP) is 3.48. The van der Waals surface area contributed by atoms with Crippen molar-refractivity contribution in [3.63, 3.8) is 0 Å². The van der Waals surface area contributed by atoms with Gasteiger partial charge in [-0.1, -0.05) is 32.1 Å². The molecule has 0 aromatic rings. The summed E-state index contributed by atoms with van der Waals surface area (Å²) >= 11 is 5.58. The second-order valence-electron chi connectivity index (χ2n) is 4.79. The minimum Gasteiger partial charge on any atom is -0.356 e. The number of nitrogens with one attached hydrogen (secondary N) is 1. The standard InChI is InChI=1S/C13H24ClNO/c14-10-4-1-5-11-15-13(16)9-8-12-6-2-3-7-12/h12H,1-11H2,(H,15,16). The summed E-state index contributed by atoms with van der Waals surface area (Å²) in [5.74, 6) is 1.79. The first-order chi connectivity index (χ1) is 7.83. The average molecular weight is 246 g/mol. The molecule has 1 aliphatic rings. The Kier molecular flexibility index (Phi) is 7.65. The summed E-state index contributed by atoms with van der Waals surface area (Å²) < 4.78 is 0. The van der Waals surface area contributed by atoms with Crippen molar-refractivity contribution in [1.29, 1.82) is 0 Å². The quantitative estimate of drug-likeness (QED) is 0.515. The first-order valence-corrected chi connectivity index (χ1v) is 7.19. The van der Waals surface area contributed by atoms with Gasteiger partial charge in [-0.05, 0) is 25.2 Å². The van der Waals surface area contributed by atoms with Gasteiger partial charge in [-0.15, -0.1) is 11.6 Å². The number of amides is 1. The minimum absolute atomic E-state index is 0.234. The molecule has 3 heteroatoms. The highest BCUT2D eigenvalue weighted by molar-refractivity contribution is 6.17. The molecule has 0 bridgehead atoms. The van der Waals surface area contributed by atoms with Crippen LogP contribution in [0.5, 0.6) is 0 Å². The third-order valence-corrected chi connectivity index (χ3v) is 3.65. The summed E-state index contributed by atoms with van der Waals surface area (Å²) in [5, 5.41) is 2.98. The molecule has 0 heterocycles. The zero-order valence-corrected chi connectivity index (χ0v) is 10.9. The maximum Gasteiger partial charge on any atom is 0.220 e. The second kappa shape index (κ2) is 8.86. The minimum atomic E-state index is 0.234. The van der Waals surface area contributed by atoms with Gasteiger partial charge in [0.2, 0.25) is 5.91 Å². The van der Waals surface area contributed by atoms with Crippen LogP contribution in [-0.2, 0) is 4.79 Å². The molecule has 1 saturated carbocycles. The molecule has 0 atom stereocenters. The van der Waals surface area contributed by atoms with Gasteiger partial charge in [0.1, 0.15) is 0 Å². The Labute approximate surface area is 104 Å². The Morgan fingerprint density at radius 1 is 1.19 bits per heavy atom. The monoisotopic (exact) mass is 245 g/mol. The number of unbranched alkanes of at least 4 members (excludes halogenated alkanes) is 2. The molecular weight excluding hydrogens is 222 g/mol. The largest absolute Gasteiger partial charge is 0.356 e. The zero-order valence-electron chi connectivity index (χ0n) is 10.1. The van der Waals surface area contributed by atoms with Crippen LogP contribution >= 0.6 is 11.6 Å². The van der Waals surface area contributed by atoms with Gasteiger partial charge >= 0.3 is 0 Å². The number of rotatable bonds is 8. The van der Waals surface area contributed by atoms with Crippen LogP contribution in [0, 0.1) is 5.92 Å². The highest BCUT2D eigenvalue weighted by Gasteiger charge is 2.15. The Bertz CT molecular complexity index is 190. The van der Waals surface area contributed by atoms with Crippen molar-refractivity contribution in [3.05, 3.63) is 0 Å². The highest BCUT2D eigenvalue weighted by Crippen LogP contribution is 2.28. The van der Waals surface area contributed by atoms with Gasteiger partial charge < -0.3 is 5.32 Å². The number of alkyl halides is 1. The Morgan fingerprint density at radius 3 is 2.62 bits per heavy atom. The number of carbonyl (C=O) groups excluding carboxylic acids is 1. The molecule has 1 fully saturated rings. The van der Waals surface area contributed by atoms with Crippen molar-refractivity contribution in [2.45, 2.75) is 57.8 Å². The van der Waals surface area contributed by atoms with Crippen molar-refractivity contribution in [1.82, 2.24) is 5.32 Å². The molecule has 1 rings (SSSR count). The fraction of sp³-hybridized carbons (Fsp3) is 0.923. The molecule has 1 N–H and O–H groups in total. The molecular formula is C13H24ClNO. The molecule has 16 heavy (non-hydrogen) atoms. The van der Waals surface area contributed by atoms with Crippen LogP contribution in [-0.4, -0.2) is 18.3 Å². The van der Waals surface area contributed by atoms with E-state index in [1.165, 1.54) is 25.7 Å². The predicted molar refractivity (Wildman–Crippen MR) is 68.8 cm³/mol. The fourth-order valence-electron chi connectivity index (χ4n) is 2.35. The van der Waals surface area contributed by atoms with E-state index in [2.05, 4.69) is 5.32 Å². The fourth-order valence-corrected chi connectivity index (χ4v) is 2.54. The van der Waals surface area contributed by atoms with Gasteiger partial charge in [-0.3, -0.25) is 4.79 Å². The molecule has 0 aromatic carbocycles. The summed E-state index contributed by atoms with van der Waals surface area (Å²) in [6.45, 7) is 0.820. The lowest BCUT2D eigenvalue weighted by atomic mass is 10.0. The molecule has 1 amide bonds. The number of halogens is 1. The third kappa shape index (κ3) is 6.37. The van der Waals surface area contributed by atoms with E-state index in [0.717, 1.165) is 50.4 Å². The lowest BCUT2D eigenvalue weighted by Gasteiger charge is -2.08. The molecule has 0 unspecified atom stereocenters. The molecule has 2 nitrogen and oxygen atoms in total. The van der Waals surface area contributed by atoms with E-state index in [4.69, 9.17) is 11.6 Å². The molecule has 94 valence electrons. The van der Waals surface area contributed by atoms with Gasteiger partial charge in [-0.25, -0.2) is 0 Å². The van der Waals surface area contributed by atoms with Crippen molar-refractivity contribution in [2.24, 2.45) is 5.92 Å². The van der Waals surface area contributed by atoms with Crippen molar-refractivity contribution in [2.75, 3.05) is 12.4 Å². The van der Waals surface area contributed by atoms with E-state index in [9.17, 15) is 4.79 Å². The van der Waals surface area contributed by atoms with Crippen LogP contribution < -0.4 is 5.32 Å². The van der Waals surface area contributed by atoms with Crippen molar-refractivity contribution >= 4 is 17.5 Å². The summed E-state index contributed by atoms with van der Waals surface area (Å²) in [6.07, 6.45) is 10.4. The van der Waals surface area contributed by atoms with E-state index in [0.29, 0.717) is 0 Å². The van der Waals surface area contributed by atoms with Crippen LogP contribution in [0.2, 0.25) is 0 Å². The lowest BCUT2D eigenvalue weighted by Crippen LogP contribution is -2.24. The Morgan fingerprint density at radius 2 is 1.94 bits per heavy atom. The summed E-state index contributed by atoms with van der Waals surface area (Å²) in [5.41, 5.74) is 0. The third-order valence-electron chi connectivity index (χ3n) is 3.39. The van der Waals surface area contributed by atoms with Gasteiger partial charge in [0.25, 0.3) is 0 Å². The number of carbonyl (C=O) groups is 1. The van der Waals surface area contributed by atoms with E-state index in [1.54, 1.807) is 0 Å². The van der Waals surface area contributed by atoms with Gasteiger partial charge in [-0.2, -0.15) is 0 Å². The molecule has 0 aromatic heterocycles. The second-order valence-corrected chi connectivity index (χ2v) is 5.17. The summed E-state index contributed by atoms with van der Waals surface area (Å²) in [7, 11) is 0.